The molecule has 0 radical (unpaired) electrons. The highest BCUT2D eigenvalue weighted by atomic mass is 32.2. The lowest BCUT2D eigenvalue weighted by atomic mass is 9.76. The Balaban J connectivity index is 2.93. The summed E-state index contributed by atoms with van der Waals surface area (Å²) in [5.74, 6) is 0. The zero-order valence-electron chi connectivity index (χ0n) is 12.9. The van der Waals surface area contributed by atoms with Crippen molar-refractivity contribution in [3.05, 3.63) is 24.3 Å². The average molecular weight is 315 g/mol. The summed E-state index contributed by atoms with van der Waals surface area (Å²) < 4.78 is 30.9. The smallest absolute Gasteiger partial charge is 0.423 e. The van der Waals surface area contributed by atoms with Crippen LogP contribution in [0.5, 0.6) is 0 Å². The molecule has 0 aliphatic carbocycles. The second kappa shape index (κ2) is 6.06. The maximum absolute atomic E-state index is 11.6. The lowest BCUT2D eigenvalue weighted by molar-refractivity contribution is -0.0982. The van der Waals surface area contributed by atoms with E-state index in [2.05, 4.69) is 4.72 Å². The third-order valence-electron chi connectivity index (χ3n) is 3.62. The first-order valence-electron chi connectivity index (χ1n) is 6.52. The molecule has 0 fully saturated rings. The van der Waals surface area contributed by atoms with Crippen molar-refractivity contribution in [2.24, 2.45) is 0 Å². The molecule has 0 saturated carbocycles. The number of benzene rings is 1. The Bertz CT molecular complexity index is 578. The third-order valence-corrected chi connectivity index (χ3v) is 5.05. The van der Waals surface area contributed by atoms with E-state index in [4.69, 9.17) is 4.65 Å². The molecule has 0 saturated heterocycles. The number of aliphatic hydroxyl groups is 1. The molecule has 6 nitrogen and oxygen atoms in total. The van der Waals surface area contributed by atoms with Crippen molar-refractivity contribution in [3.63, 3.8) is 0 Å². The maximum atomic E-state index is 11.6. The van der Waals surface area contributed by atoms with Crippen LogP contribution in [0.15, 0.2) is 29.2 Å². The van der Waals surface area contributed by atoms with Crippen molar-refractivity contribution in [2.75, 3.05) is 7.05 Å². The van der Waals surface area contributed by atoms with Gasteiger partial charge in [0.25, 0.3) is 0 Å². The summed E-state index contributed by atoms with van der Waals surface area (Å²) in [6.07, 6.45) is 0. The number of rotatable bonds is 6. The highest BCUT2D eigenvalue weighted by Gasteiger charge is 2.39. The summed E-state index contributed by atoms with van der Waals surface area (Å²) in [5.41, 5.74) is -1.73. The molecule has 118 valence electrons. The van der Waals surface area contributed by atoms with E-state index in [0.29, 0.717) is 5.46 Å². The monoisotopic (exact) mass is 315 g/mol. The molecule has 21 heavy (non-hydrogen) atoms. The molecule has 0 aliphatic heterocycles. The third kappa shape index (κ3) is 4.27. The average Bonchev–Trinajstić information content (AvgIpc) is 2.37. The minimum absolute atomic E-state index is 0.0997. The van der Waals surface area contributed by atoms with Gasteiger partial charge >= 0.3 is 7.12 Å². The lowest BCUT2D eigenvalue weighted by Crippen LogP contribution is -2.53. The predicted molar refractivity (Wildman–Crippen MR) is 81.8 cm³/mol. The molecule has 0 spiro atoms. The fourth-order valence-corrected chi connectivity index (χ4v) is 2.15. The summed E-state index contributed by atoms with van der Waals surface area (Å²) in [6, 6.07) is 5.69. The Morgan fingerprint density at radius 1 is 1.14 bits per heavy atom. The zero-order chi connectivity index (χ0) is 16.5. The van der Waals surface area contributed by atoms with E-state index < -0.39 is 28.3 Å². The van der Waals surface area contributed by atoms with E-state index >= 15 is 0 Å². The van der Waals surface area contributed by atoms with Gasteiger partial charge < -0.3 is 14.8 Å². The predicted octanol–water partition coefficient (Wildman–Crippen LogP) is -0.152. The molecule has 3 N–H and O–H groups in total. The van der Waals surface area contributed by atoms with Gasteiger partial charge in [0.1, 0.15) is 0 Å². The summed E-state index contributed by atoms with van der Waals surface area (Å²) in [5, 5.41) is 20.1. The Morgan fingerprint density at radius 2 is 1.62 bits per heavy atom. The van der Waals surface area contributed by atoms with Crippen LogP contribution in [0.1, 0.15) is 27.7 Å². The molecule has 0 amide bonds. The SMILES string of the molecule is CNS(=O)(=O)c1ccc(B(O)OC(C)(C)C(C)(C)O)cc1. The van der Waals surface area contributed by atoms with E-state index in [1.165, 1.54) is 31.3 Å². The lowest BCUT2D eigenvalue weighted by Gasteiger charge is -2.38. The first kappa shape index (κ1) is 18.1. The second-order valence-electron chi connectivity index (χ2n) is 5.82. The minimum atomic E-state index is -3.51. The highest BCUT2D eigenvalue weighted by molar-refractivity contribution is 7.89. The van der Waals surface area contributed by atoms with Gasteiger partial charge in [-0.15, -0.1) is 0 Å². The fraction of sp³-hybridized carbons (Fsp3) is 0.538. The van der Waals surface area contributed by atoms with Gasteiger partial charge in [0.05, 0.1) is 16.1 Å². The van der Waals surface area contributed by atoms with Crippen molar-refractivity contribution < 1.29 is 23.2 Å². The van der Waals surface area contributed by atoms with E-state index in [1.807, 2.05) is 0 Å². The van der Waals surface area contributed by atoms with Crippen LogP contribution in [-0.2, 0) is 14.7 Å². The van der Waals surface area contributed by atoms with Crippen molar-refractivity contribution in [2.45, 2.75) is 43.8 Å². The van der Waals surface area contributed by atoms with E-state index in [9.17, 15) is 18.5 Å². The summed E-state index contributed by atoms with van der Waals surface area (Å²) >= 11 is 0. The Morgan fingerprint density at radius 3 is 2.00 bits per heavy atom. The first-order chi connectivity index (χ1) is 9.40. The Kier molecular flexibility index (Phi) is 5.23. The molecule has 1 aromatic carbocycles. The van der Waals surface area contributed by atoms with Gasteiger partial charge in [-0.3, -0.25) is 0 Å². The van der Waals surface area contributed by atoms with Crippen molar-refractivity contribution in [1.29, 1.82) is 0 Å². The van der Waals surface area contributed by atoms with Gasteiger partial charge in [-0.25, -0.2) is 13.1 Å². The molecule has 1 rings (SSSR count). The molecule has 0 aliphatic rings. The summed E-state index contributed by atoms with van der Waals surface area (Å²) in [6.45, 7) is 6.50. The summed E-state index contributed by atoms with van der Waals surface area (Å²) in [7, 11) is -3.45. The maximum Gasteiger partial charge on any atom is 0.491 e. The Hall–Kier alpha value is -0.925. The molecular weight excluding hydrogens is 293 g/mol. The molecule has 1 aromatic rings. The van der Waals surface area contributed by atoms with Crippen LogP contribution in [-0.4, -0.2) is 43.9 Å². The van der Waals surface area contributed by atoms with Crippen LogP contribution < -0.4 is 10.2 Å². The largest absolute Gasteiger partial charge is 0.491 e. The highest BCUT2D eigenvalue weighted by Crippen LogP contribution is 2.25. The molecule has 0 unspecified atom stereocenters. The Labute approximate surface area is 126 Å². The molecular formula is C13H22BNO5S. The topological polar surface area (TPSA) is 95.9 Å². The number of sulfonamides is 1. The van der Waals surface area contributed by atoms with Crippen molar-refractivity contribution in [1.82, 2.24) is 4.72 Å². The van der Waals surface area contributed by atoms with Crippen LogP contribution in [0.25, 0.3) is 0 Å². The molecule has 0 heterocycles. The quantitative estimate of drug-likeness (QED) is 0.635. The molecule has 0 aromatic heterocycles. The number of nitrogens with one attached hydrogen (secondary N) is 1. The van der Waals surface area contributed by atoms with Gasteiger partial charge in [-0.2, -0.15) is 0 Å². The van der Waals surface area contributed by atoms with Crippen molar-refractivity contribution >= 4 is 22.6 Å². The van der Waals surface area contributed by atoms with Gasteiger partial charge in [-0.1, -0.05) is 12.1 Å². The minimum Gasteiger partial charge on any atom is -0.423 e. The van der Waals surface area contributed by atoms with E-state index in [-0.39, 0.29) is 4.90 Å². The van der Waals surface area contributed by atoms with Gasteiger partial charge in [0.15, 0.2) is 0 Å². The van der Waals surface area contributed by atoms with Crippen molar-refractivity contribution in [3.8, 4) is 0 Å². The standard InChI is InChI=1S/C13H22BNO5S/c1-12(2,16)13(3,4)20-14(17)10-6-8-11(9-7-10)21(18,19)15-5/h6-9,15-17H,1-5H3. The van der Waals surface area contributed by atoms with Gasteiger partial charge in [0.2, 0.25) is 10.0 Å². The van der Waals surface area contributed by atoms with Crippen LogP contribution >= 0.6 is 0 Å². The van der Waals surface area contributed by atoms with Gasteiger partial charge in [0, 0.05) is 0 Å². The normalized spacial score (nSPS) is 13.3. The molecule has 0 atom stereocenters. The van der Waals surface area contributed by atoms with Crippen LogP contribution in [0.3, 0.4) is 0 Å². The van der Waals surface area contributed by atoms with E-state index in [0.717, 1.165) is 0 Å². The van der Waals surface area contributed by atoms with Crippen LogP contribution in [0.2, 0.25) is 0 Å². The van der Waals surface area contributed by atoms with Gasteiger partial charge in [-0.05, 0) is 52.3 Å². The number of hydrogen-bond acceptors (Lipinski definition) is 5. The zero-order valence-corrected chi connectivity index (χ0v) is 13.7. The summed E-state index contributed by atoms with van der Waals surface area (Å²) in [4.78, 5) is 0.0997. The molecule has 8 heteroatoms. The van der Waals surface area contributed by atoms with Crippen LogP contribution in [0, 0.1) is 0 Å². The molecule has 0 bridgehead atoms. The fourth-order valence-electron chi connectivity index (χ4n) is 1.42. The van der Waals surface area contributed by atoms with Crippen LogP contribution in [0.4, 0.5) is 0 Å². The first-order valence-corrected chi connectivity index (χ1v) is 8.01. The number of hydrogen-bond donors (Lipinski definition) is 3. The second-order valence-corrected chi connectivity index (χ2v) is 7.70. The van der Waals surface area contributed by atoms with E-state index in [1.54, 1.807) is 27.7 Å².